The molecule has 1 aliphatic heterocycles. The topological polar surface area (TPSA) is 48.8 Å². The van der Waals surface area contributed by atoms with Crippen molar-refractivity contribution in [3.8, 4) is 0 Å². The lowest BCUT2D eigenvalue weighted by Gasteiger charge is -1.98. The minimum Gasteiger partial charge on any atom is -0.349 e. The Kier molecular flexibility index (Phi) is 2.46. The van der Waals surface area contributed by atoms with Gasteiger partial charge in [0.15, 0.2) is 5.96 Å². The third-order valence-electron chi connectivity index (χ3n) is 1.32. The molecule has 0 bridgehead atoms. The minimum atomic E-state index is 0.343. The minimum absolute atomic E-state index is 0.343. The molecule has 1 saturated heterocycles. The monoisotopic (exact) mass is 154 g/mol. The van der Waals surface area contributed by atoms with Crippen molar-refractivity contribution in [1.29, 1.82) is 0 Å². The summed E-state index contributed by atoms with van der Waals surface area (Å²) in [5.74, 6) is 1.78. The number of aliphatic imine (C=N–C) groups is 2. The lowest BCUT2D eigenvalue weighted by molar-refractivity contribution is 0.828. The second-order valence-electron chi connectivity index (χ2n) is 2.72. The van der Waals surface area contributed by atoms with Crippen LogP contribution in [0.3, 0.4) is 0 Å². The molecular formula is C7H14N4. The molecular weight excluding hydrogens is 140 g/mol. The largest absolute Gasteiger partial charge is 0.349 e. The van der Waals surface area contributed by atoms with Crippen LogP contribution in [0.15, 0.2) is 9.98 Å². The fraction of sp³-hybridized carbons (Fsp3) is 0.714. The summed E-state index contributed by atoms with van der Waals surface area (Å²) in [4.78, 5) is 8.30. The van der Waals surface area contributed by atoms with Crippen LogP contribution in [0.1, 0.15) is 13.8 Å². The van der Waals surface area contributed by atoms with Crippen molar-refractivity contribution < 1.29 is 0 Å². The Morgan fingerprint density at radius 1 is 1.45 bits per heavy atom. The van der Waals surface area contributed by atoms with Crippen molar-refractivity contribution in [2.45, 2.75) is 19.9 Å². The van der Waals surface area contributed by atoms with Crippen LogP contribution in [0, 0.1) is 0 Å². The number of nitrogens with zero attached hydrogens (tertiary/aromatic N) is 2. The summed E-state index contributed by atoms with van der Waals surface area (Å²) in [6.45, 7) is 4.87. The first kappa shape index (κ1) is 8.04. The second kappa shape index (κ2) is 3.37. The normalized spacial score (nSPS) is 24.4. The fourth-order valence-electron chi connectivity index (χ4n) is 0.917. The first-order chi connectivity index (χ1) is 5.22. The Hall–Kier alpha value is -1.06. The number of amidine groups is 1. The lowest BCUT2D eigenvalue weighted by Crippen LogP contribution is -2.25. The summed E-state index contributed by atoms with van der Waals surface area (Å²) in [7, 11) is 1.74. The molecule has 0 unspecified atom stereocenters. The van der Waals surface area contributed by atoms with E-state index < -0.39 is 0 Å². The highest BCUT2D eigenvalue weighted by atomic mass is 15.3. The molecule has 1 fully saturated rings. The van der Waals surface area contributed by atoms with E-state index in [-0.39, 0.29) is 0 Å². The van der Waals surface area contributed by atoms with E-state index in [2.05, 4.69) is 34.5 Å². The molecule has 0 aromatic carbocycles. The SMILES string of the molecule is CN=C1NCC(=NC(C)C)N1. The summed E-state index contributed by atoms with van der Waals surface area (Å²) in [5, 5.41) is 6.13. The van der Waals surface area contributed by atoms with Crippen molar-refractivity contribution in [2.75, 3.05) is 13.6 Å². The van der Waals surface area contributed by atoms with Crippen molar-refractivity contribution in [3.63, 3.8) is 0 Å². The van der Waals surface area contributed by atoms with Gasteiger partial charge in [-0.15, -0.1) is 0 Å². The third-order valence-corrected chi connectivity index (χ3v) is 1.32. The average molecular weight is 154 g/mol. The first-order valence-corrected chi connectivity index (χ1v) is 3.76. The maximum atomic E-state index is 4.34. The summed E-state index contributed by atoms with van der Waals surface area (Å²) in [6.07, 6.45) is 0. The van der Waals surface area contributed by atoms with E-state index >= 15 is 0 Å². The Labute approximate surface area is 66.8 Å². The number of guanidine groups is 1. The molecule has 0 spiro atoms. The zero-order valence-electron chi connectivity index (χ0n) is 7.18. The van der Waals surface area contributed by atoms with Gasteiger partial charge in [0.1, 0.15) is 5.84 Å². The van der Waals surface area contributed by atoms with Gasteiger partial charge in [-0.2, -0.15) is 0 Å². The van der Waals surface area contributed by atoms with Crippen LogP contribution in [0.25, 0.3) is 0 Å². The van der Waals surface area contributed by atoms with Crippen LogP contribution < -0.4 is 10.6 Å². The predicted molar refractivity (Wildman–Crippen MR) is 47.1 cm³/mol. The maximum absolute atomic E-state index is 4.34. The molecule has 4 nitrogen and oxygen atoms in total. The molecule has 4 heteroatoms. The van der Waals surface area contributed by atoms with E-state index in [1.165, 1.54) is 0 Å². The Morgan fingerprint density at radius 2 is 2.18 bits per heavy atom. The standard InChI is InChI=1S/C7H14N4/c1-5(2)10-6-4-9-7(8-3)11-6/h5H,4H2,1-3H3,(H2,8,9,10,11). The predicted octanol–water partition coefficient (Wildman–Crippen LogP) is -0.0281. The van der Waals surface area contributed by atoms with Gasteiger partial charge in [-0.25, -0.2) is 0 Å². The molecule has 0 aliphatic carbocycles. The molecule has 1 aliphatic rings. The van der Waals surface area contributed by atoms with Crippen molar-refractivity contribution >= 4 is 11.8 Å². The van der Waals surface area contributed by atoms with Gasteiger partial charge in [0.05, 0.1) is 6.54 Å². The van der Waals surface area contributed by atoms with Gasteiger partial charge in [-0.05, 0) is 13.8 Å². The number of nitrogens with one attached hydrogen (secondary N) is 2. The van der Waals surface area contributed by atoms with E-state index in [4.69, 9.17) is 0 Å². The molecule has 0 atom stereocenters. The van der Waals surface area contributed by atoms with Gasteiger partial charge in [0.2, 0.25) is 0 Å². The van der Waals surface area contributed by atoms with Crippen molar-refractivity contribution in [2.24, 2.45) is 9.98 Å². The number of hydrogen-bond donors (Lipinski definition) is 2. The molecule has 1 rings (SSSR count). The van der Waals surface area contributed by atoms with E-state index in [0.717, 1.165) is 18.3 Å². The fourth-order valence-corrected chi connectivity index (χ4v) is 0.917. The van der Waals surface area contributed by atoms with E-state index in [0.29, 0.717) is 6.04 Å². The van der Waals surface area contributed by atoms with Crippen LogP contribution in [0.5, 0.6) is 0 Å². The van der Waals surface area contributed by atoms with Gasteiger partial charge in [-0.1, -0.05) is 0 Å². The van der Waals surface area contributed by atoms with E-state index in [1.54, 1.807) is 7.05 Å². The zero-order chi connectivity index (χ0) is 8.27. The highest BCUT2D eigenvalue weighted by molar-refractivity contribution is 6.06. The molecule has 2 N–H and O–H groups in total. The Bertz CT molecular complexity index is 193. The van der Waals surface area contributed by atoms with Gasteiger partial charge in [-0.3, -0.25) is 9.98 Å². The molecule has 0 aromatic rings. The van der Waals surface area contributed by atoms with Gasteiger partial charge in [0, 0.05) is 13.1 Å². The highest BCUT2D eigenvalue weighted by Gasteiger charge is 2.11. The molecule has 62 valence electrons. The highest BCUT2D eigenvalue weighted by Crippen LogP contribution is 1.89. The molecule has 0 amide bonds. The van der Waals surface area contributed by atoms with Gasteiger partial charge >= 0.3 is 0 Å². The molecule has 0 radical (unpaired) electrons. The van der Waals surface area contributed by atoms with Gasteiger partial charge < -0.3 is 10.6 Å². The average Bonchev–Trinajstić information content (AvgIpc) is 2.34. The molecule has 0 aromatic heterocycles. The van der Waals surface area contributed by atoms with Crippen molar-refractivity contribution in [3.05, 3.63) is 0 Å². The zero-order valence-corrected chi connectivity index (χ0v) is 7.18. The van der Waals surface area contributed by atoms with E-state index in [1.807, 2.05) is 0 Å². The third kappa shape index (κ3) is 2.22. The van der Waals surface area contributed by atoms with Crippen LogP contribution >= 0.6 is 0 Å². The quantitative estimate of drug-likeness (QED) is 0.557. The number of hydrogen-bond acceptors (Lipinski definition) is 2. The van der Waals surface area contributed by atoms with Crippen LogP contribution in [0.2, 0.25) is 0 Å². The van der Waals surface area contributed by atoms with E-state index in [9.17, 15) is 0 Å². The molecule has 1 heterocycles. The van der Waals surface area contributed by atoms with Crippen LogP contribution in [0.4, 0.5) is 0 Å². The summed E-state index contributed by atoms with van der Waals surface area (Å²) < 4.78 is 0. The van der Waals surface area contributed by atoms with Crippen LogP contribution in [-0.4, -0.2) is 31.4 Å². The van der Waals surface area contributed by atoms with Crippen molar-refractivity contribution in [1.82, 2.24) is 10.6 Å². The van der Waals surface area contributed by atoms with Gasteiger partial charge in [0.25, 0.3) is 0 Å². The summed E-state index contributed by atoms with van der Waals surface area (Å²) in [5.41, 5.74) is 0. The molecule has 11 heavy (non-hydrogen) atoms. The Balaban J connectivity index is 2.54. The summed E-state index contributed by atoms with van der Waals surface area (Å²) >= 11 is 0. The maximum Gasteiger partial charge on any atom is 0.196 e. The van der Waals surface area contributed by atoms with Crippen LogP contribution in [-0.2, 0) is 0 Å². The summed E-state index contributed by atoms with van der Waals surface area (Å²) in [6, 6.07) is 0.343. The lowest BCUT2D eigenvalue weighted by atomic mass is 10.4. The Morgan fingerprint density at radius 3 is 2.64 bits per heavy atom. The second-order valence-corrected chi connectivity index (χ2v) is 2.72. The first-order valence-electron chi connectivity index (χ1n) is 3.76. The smallest absolute Gasteiger partial charge is 0.196 e. The number of rotatable bonds is 1. The molecule has 0 saturated carbocycles.